The molecule has 0 radical (unpaired) electrons. The first-order chi connectivity index (χ1) is 4.16. The summed E-state index contributed by atoms with van der Waals surface area (Å²) >= 11 is 0. The van der Waals surface area contributed by atoms with Gasteiger partial charge in [0.05, 0.1) is 5.83 Å². The highest BCUT2D eigenvalue weighted by Gasteiger charge is 1.82. The third-order valence-corrected chi connectivity index (χ3v) is 0.676. The van der Waals surface area contributed by atoms with Crippen LogP contribution >= 0.6 is 0 Å². The second-order valence-corrected chi connectivity index (χ2v) is 1.63. The second-order valence-electron chi connectivity index (χ2n) is 1.63. The second kappa shape index (κ2) is 3.89. The summed E-state index contributed by atoms with van der Waals surface area (Å²) in [4.78, 5) is 0. The van der Waals surface area contributed by atoms with Crippen LogP contribution in [-0.2, 0) is 0 Å². The molecule has 0 unspecified atom stereocenters. The number of rotatable bonds is 2. The first-order valence-corrected chi connectivity index (χ1v) is 2.59. The lowest BCUT2D eigenvalue weighted by Gasteiger charge is -1.87. The smallest absolute Gasteiger partial charge is 0.0989 e. The SMILES string of the molecule is C=C/C=C(N)\C=C(/C)F. The molecule has 0 fully saturated rings. The van der Waals surface area contributed by atoms with Crippen LogP contribution in [0.4, 0.5) is 4.39 Å². The molecular formula is C7H10FN. The summed E-state index contributed by atoms with van der Waals surface area (Å²) in [7, 11) is 0. The van der Waals surface area contributed by atoms with Crippen molar-refractivity contribution >= 4 is 0 Å². The molecule has 9 heavy (non-hydrogen) atoms. The lowest BCUT2D eigenvalue weighted by molar-refractivity contribution is 0.639. The summed E-state index contributed by atoms with van der Waals surface area (Å²) in [6.07, 6.45) is 4.28. The van der Waals surface area contributed by atoms with Gasteiger partial charge in [-0.3, -0.25) is 0 Å². The molecule has 0 aliphatic rings. The van der Waals surface area contributed by atoms with Gasteiger partial charge < -0.3 is 5.73 Å². The molecule has 0 rings (SSSR count). The summed E-state index contributed by atoms with van der Waals surface area (Å²) in [5, 5.41) is 0. The van der Waals surface area contributed by atoms with E-state index in [-0.39, 0.29) is 5.83 Å². The van der Waals surface area contributed by atoms with Gasteiger partial charge in [0.25, 0.3) is 0 Å². The van der Waals surface area contributed by atoms with Crippen molar-refractivity contribution in [3.63, 3.8) is 0 Å². The van der Waals surface area contributed by atoms with E-state index in [0.717, 1.165) is 0 Å². The molecule has 2 heteroatoms. The molecule has 0 aromatic rings. The summed E-state index contributed by atoms with van der Waals surface area (Å²) in [6.45, 7) is 4.74. The minimum absolute atomic E-state index is 0.300. The Balaban J connectivity index is 4.05. The molecule has 50 valence electrons. The van der Waals surface area contributed by atoms with Crippen LogP contribution < -0.4 is 5.73 Å². The van der Waals surface area contributed by atoms with Crippen molar-refractivity contribution in [2.75, 3.05) is 0 Å². The summed E-state index contributed by atoms with van der Waals surface area (Å²) in [6, 6.07) is 0. The van der Waals surface area contributed by atoms with Gasteiger partial charge in [-0.1, -0.05) is 12.7 Å². The van der Waals surface area contributed by atoms with Crippen molar-refractivity contribution in [3.8, 4) is 0 Å². The van der Waals surface area contributed by atoms with Crippen LogP contribution in [0.2, 0.25) is 0 Å². The van der Waals surface area contributed by atoms with Crippen LogP contribution in [-0.4, -0.2) is 0 Å². The molecule has 0 atom stereocenters. The van der Waals surface area contributed by atoms with Gasteiger partial charge in [0.1, 0.15) is 0 Å². The lowest BCUT2D eigenvalue weighted by Crippen LogP contribution is -1.91. The van der Waals surface area contributed by atoms with Gasteiger partial charge in [-0.2, -0.15) is 0 Å². The molecule has 0 saturated heterocycles. The third-order valence-electron chi connectivity index (χ3n) is 0.676. The van der Waals surface area contributed by atoms with Crippen LogP contribution in [0.3, 0.4) is 0 Å². The topological polar surface area (TPSA) is 26.0 Å². The maximum absolute atomic E-state index is 12.0. The first-order valence-electron chi connectivity index (χ1n) is 2.59. The molecule has 0 heterocycles. The van der Waals surface area contributed by atoms with Gasteiger partial charge >= 0.3 is 0 Å². The van der Waals surface area contributed by atoms with Crippen molar-refractivity contribution in [1.82, 2.24) is 0 Å². The number of halogens is 1. The highest BCUT2D eigenvalue weighted by Crippen LogP contribution is 1.96. The molecule has 0 spiro atoms. The zero-order valence-corrected chi connectivity index (χ0v) is 5.39. The van der Waals surface area contributed by atoms with E-state index in [1.54, 1.807) is 0 Å². The Hall–Kier alpha value is -1.05. The maximum Gasteiger partial charge on any atom is 0.0989 e. The van der Waals surface area contributed by atoms with Crippen molar-refractivity contribution in [2.24, 2.45) is 5.73 Å². The molecule has 1 nitrogen and oxygen atoms in total. The Morgan fingerprint density at radius 3 is 2.56 bits per heavy atom. The van der Waals surface area contributed by atoms with Gasteiger partial charge in [0.15, 0.2) is 0 Å². The average Bonchev–Trinajstić information content (AvgIpc) is 1.63. The standard InChI is InChI=1S/C7H10FN/c1-3-4-7(9)5-6(2)8/h3-5H,1,9H2,2H3/b6-5+,7-4+. The fourth-order valence-corrected chi connectivity index (χ4v) is 0.414. The Bertz CT molecular complexity index is 152. The van der Waals surface area contributed by atoms with Gasteiger partial charge in [0, 0.05) is 5.70 Å². The summed E-state index contributed by atoms with van der Waals surface area (Å²) in [5.74, 6) is -0.300. The molecule has 0 aliphatic heterocycles. The number of allylic oxidation sites excluding steroid dienone is 4. The molecule has 2 N–H and O–H groups in total. The van der Waals surface area contributed by atoms with Crippen LogP contribution in [0.25, 0.3) is 0 Å². The Kier molecular flexibility index (Phi) is 3.44. The quantitative estimate of drug-likeness (QED) is 0.563. The molecule has 0 amide bonds. The van der Waals surface area contributed by atoms with E-state index in [1.807, 2.05) is 0 Å². The van der Waals surface area contributed by atoms with E-state index in [0.29, 0.717) is 5.70 Å². The van der Waals surface area contributed by atoms with Crippen molar-refractivity contribution in [3.05, 3.63) is 36.3 Å². The molecule has 0 saturated carbocycles. The Morgan fingerprint density at radius 2 is 2.22 bits per heavy atom. The zero-order valence-electron chi connectivity index (χ0n) is 5.39. The molecule has 0 aromatic carbocycles. The summed E-state index contributed by atoms with van der Waals surface area (Å²) in [5.41, 5.74) is 5.64. The van der Waals surface area contributed by atoms with E-state index in [2.05, 4.69) is 6.58 Å². The van der Waals surface area contributed by atoms with Crippen LogP contribution in [0, 0.1) is 0 Å². The van der Waals surface area contributed by atoms with E-state index in [9.17, 15) is 4.39 Å². The normalized spacial score (nSPS) is 13.6. The summed E-state index contributed by atoms with van der Waals surface area (Å²) < 4.78 is 12.0. The van der Waals surface area contributed by atoms with E-state index < -0.39 is 0 Å². The predicted octanol–water partition coefficient (Wildman–Crippen LogP) is 1.89. The van der Waals surface area contributed by atoms with E-state index in [1.165, 1.54) is 25.2 Å². The Labute approximate surface area is 54.4 Å². The van der Waals surface area contributed by atoms with Gasteiger partial charge in [-0.15, -0.1) is 0 Å². The number of hydrogen-bond donors (Lipinski definition) is 1. The molecule has 0 bridgehead atoms. The van der Waals surface area contributed by atoms with Gasteiger partial charge in [-0.25, -0.2) is 4.39 Å². The fraction of sp³-hybridized carbons (Fsp3) is 0.143. The van der Waals surface area contributed by atoms with Crippen LogP contribution in [0.1, 0.15) is 6.92 Å². The first kappa shape index (κ1) is 7.95. The predicted molar refractivity (Wildman–Crippen MR) is 37.3 cm³/mol. The molecule has 0 aliphatic carbocycles. The lowest BCUT2D eigenvalue weighted by atomic mass is 10.3. The largest absolute Gasteiger partial charge is 0.399 e. The fourth-order valence-electron chi connectivity index (χ4n) is 0.414. The van der Waals surface area contributed by atoms with Crippen molar-refractivity contribution < 1.29 is 4.39 Å². The minimum atomic E-state index is -0.300. The minimum Gasteiger partial charge on any atom is -0.399 e. The number of nitrogens with two attached hydrogens (primary N) is 1. The van der Waals surface area contributed by atoms with Gasteiger partial charge in [0.2, 0.25) is 0 Å². The molecular weight excluding hydrogens is 117 g/mol. The molecule has 0 aromatic heterocycles. The highest BCUT2D eigenvalue weighted by atomic mass is 19.1. The maximum atomic E-state index is 12.0. The monoisotopic (exact) mass is 127 g/mol. The average molecular weight is 127 g/mol. The van der Waals surface area contributed by atoms with Crippen molar-refractivity contribution in [1.29, 1.82) is 0 Å². The van der Waals surface area contributed by atoms with Crippen LogP contribution in [0.15, 0.2) is 36.3 Å². The zero-order chi connectivity index (χ0) is 7.28. The van der Waals surface area contributed by atoms with Crippen LogP contribution in [0.5, 0.6) is 0 Å². The van der Waals surface area contributed by atoms with Gasteiger partial charge in [-0.05, 0) is 19.1 Å². The Morgan fingerprint density at radius 1 is 1.67 bits per heavy atom. The highest BCUT2D eigenvalue weighted by molar-refractivity contribution is 5.20. The number of hydrogen-bond acceptors (Lipinski definition) is 1. The van der Waals surface area contributed by atoms with E-state index >= 15 is 0 Å². The third kappa shape index (κ3) is 4.81. The van der Waals surface area contributed by atoms with Crippen molar-refractivity contribution in [2.45, 2.75) is 6.92 Å². The van der Waals surface area contributed by atoms with E-state index in [4.69, 9.17) is 5.73 Å².